The summed E-state index contributed by atoms with van der Waals surface area (Å²) in [5.41, 5.74) is 0.454. The van der Waals surface area contributed by atoms with Crippen LogP contribution in [0, 0.1) is 23.2 Å². The molecule has 1 saturated heterocycles. The van der Waals surface area contributed by atoms with Crippen LogP contribution in [0.4, 0.5) is 0 Å². The molecule has 33 heavy (non-hydrogen) atoms. The molecule has 0 radical (unpaired) electrons. The molecule has 7 heteroatoms. The topological polar surface area (TPSA) is 75.5 Å². The van der Waals surface area contributed by atoms with Crippen LogP contribution in [0.3, 0.4) is 0 Å². The first-order chi connectivity index (χ1) is 16.0. The van der Waals surface area contributed by atoms with Crippen molar-refractivity contribution in [1.29, 1.82) is 0 Å². The quantitative estimate of drug-likeness (QED) is 0.721. The standard InChI is InChI=1S/C26H32N4O3/c31-23(5-6-30-17-27-22-4-2-1-3-21(22)24(30)32)28-7-9-29(10-8-28)25(33)26-14-18-11-19(15-26)13-20(12-18)16-26/h1-4,17-20H,5-16H2. The van der Waals surface area contributed by atoms with Gasteiger partial charge in [-0.3, -0.25) is 19.0 Å². The van der Waals surface area contributed by atoms with Crippen molar-refractivity contribution < 1.29 is 9.59 Å². The maximum absolute atomic E-state index is 13.6. The second-order valence-electron chi connectivity index (χ2n) is 10.9. The smallest absolute Gasteiger partial charge is 0.261 e. The molecule has 5 fully saturated rings. The Morgan fingerprint density at radius 3 is 2.18 bits per heavy atom. The van der Waals surface area contributed by atoms with Gasteiger partial charge in [0.15, 0.2) is 0 Å². The van der Waals surface area contributed by atoms with E-state index in [2.05, 4.69) is 4.98 Å². The lowest BCUT2D eigenvalue weighted by Gasteiger charge is -2.57. The molecule has 7 rings (SSSR count). The van der Waals surface area contributed by atoms with E-state index in [1.54, 1.807) is 6.07 Å². The highest BCUT2D eigenvalue weighted by Crippen LogP contribution is 2.60. The fraction of sp³-hybridized carbons (Fsp3) is 0.615. The van der Waals surface area contributed by atoms with E-state index in [1.807, 2.05) is 28.0 Å². The van der Waals surface area contributed by atoms with Crippen LogP contribution in [0.2, 0.25) is 0 Å². The van der Waals surface area contributed by atoms with Crippen LogP contribution in [-0.4, -0.2) is 57.3 Å². The molecule has 174 valence electrons. The van der Waals surface area contributed by atoms with Crippen LogP contribution in [-0.2, 0) is 16.1 Å². The number of aromatic nitrogens is 2. The van der Waals surface area contributed by atoms with Gasteiger partial charge >= 0.3 is 0 Å². The molecule has 1 aliphatic heterocycles. The summed E-state index contributed by atoms with van der Waals surface area (Å²) >= 11 is 0. The third-order valence-corrected chi connectivity index (χ3v) is 8.71. The number of carbonyl (C=O) groups is 2. The fourth-order valence-corrected chi connectivity index (χ4v) is 7.51. The molecule has 0 N–H and O–H groups in total. The number of hydrogen-bond donors (Lipinski definition) is 0. The van der Waals surface area contributed by atoms with Crippen molar-refractivity contribution in [2.24, 2.45) is 23.2 Å². The van der Waals surface area contributed by atoms with E-state index in [0.717, 1.165) is 37.0 Å². The lowest BCUT2D eigenvalue weighted by molar-refractivity contribution is -0.160. The molecular weight excluding hydrogens is 416 g/mol. The van der Waals surface area contributed by atoms with Crippen molar-refractivity contribution in [3.05, 3.63) is 40.9 Å². The van der Waals surface area contributed by atoms with E-state index in [0.29, 0.717) is 49.5 Å². The van der Waals surface area contributed by atoms with Crippen LogP contribution < -0.4 is 5.56 Å². The van der Waals surface area contributed by atoms with Gasteiger partial charge in [-0.15, -0.1) is 0 Å². The van der Waals surface area contributed by atoms with Crippen molar-refractivity contribution >= 4 is 22.7 Å². The predicted molar refractivity (Wildman–Crippen MR) is 124 cm³/mol. The fourth-order valence-electron chi connectivity index (χ4n) is 7.51. The van der Waals surface area contributed by atoms with Crippen molar-refractivity contribution in [3.8, 4) is 0 Å². The molecular formula is C26H32N4O3. The van der Waals surface area contributed by atoms with E-state index < -0.39 is 0 Å². The van der Waals surface area contributed by atoms with Crippen LogP contribution >= 0.6 is 0 Å². The summed E-state index contributed by atoms with van der Waals surface area (Å²) in [6, 6.07) is 7.26. The number of carbonyl (C=O) groups excluding carboxylic acids is 2. The maximum atomic E-state index is 13.6. The van der Waals surface area contributed by atoms with Gasteiger partial charge < -0.3 is 9.80 Å². The van der Waals surface area contributed by atoms with E-state index in [1.165, 1.54) is 30.2 Å². The molecule has 4 aliphatic carbocycles. The molecule has 5 aliphatic rings. The second-order valence-corrected chi connectivity index (χ2v) is 10.9. The van der Waals surface area contributed by atoms with Gasteiger partial charge in [0.25, 0.3) is 5.56 Å². The van der Waals surface area contributed by atoms with Gasteiger partial charge in [0.2, 0.25) is 11.8 Å². The predicted octanol–water partition coefficient (Wildman–Crippen LogP) is 2.67. The van der Waals surface area contributed by atoms with Crippen molar-refractivity contribution in [2.75, 3.05) is 26.2 Å². The van der Waals surface area contributed by atoms with Crippen LogP contribution in [0.15, 0.2) is 35.4 Å². The maximum Gasteiger partial charge on any atom is 0.261 e. The highest BCUT2D eigenvalue weighted by Gasteiger charge is 2.55. The molecule has 4 bridgehead atoms. The monoisotopic (exact) mass is 448 g/mol. The Hall–Kier alpha value is -2.70. The van der Waals surface area contributed by atoms with Crippen molar-refractivity contribution in [2.45, 2.75) is 51.5 Å². The minimum Gasteiger partial charge on any atom is -0.339 e. The van der Waals surface area contributed by atoms with Crippen molar-refractivity contribution in [1.82, 2.24) is 19.4 Å². The van der Waals surface area contributed by atoms with Gasteiger partial charge in [0, 0.05) is 39.1 Å². The summed E-state index contributed by atoms with van der Waals surface area (Å²) in [5.74, 6) is 2.68. The summed E-state index contributed by atoms with van der Waals surface area (Å²) in [6.07, 6.45) is 9.07. The number of rotatable bonds is 4. The molecule has 1 aromatic heterocycles. The Bertz CT molecular complexity index is 1110. The molecule has 0 unspecified atom stereocenters. The van der Waals surface area contributed by atoms with E-state index in [4.69, 9.17) is 0 Å². The zero-order valence-corrected chi connectivity index (χ0v) is 19.1. The first-order valence-corrected chi connectivity index (χ1v) is 12.5. The highest BCUT2D eigenvalue weighted by atomic mass is 16.2. The largest absolute Gasteiger partial charge is 0.339 e. The number of benzene rings is 1. The Balaban J connectivity index is 1.05. The zero-order valence-electron chi connectivity index (χ0n) is 19.1. The summed E-state index contributed by atoms with van der Waals surface area (Å²) in [6.45, 7) is 2.75. The van der Waals surface area contributed by atoms with E-state index in [9.17, 15) is 14.4 Å². The summed E-state index contributed by atoms with van der Waals surface area (Å²) < 4.78 is 1.52. The molecule has 2 amide bonds. The first-order valence-electron chi connectivity index (χ1n) is 12.5. The first kappa shape index (κ1) is 20.9. The number of para-hydroxylation sites is 1. The minimum atomic E-state index is -0.112. The average molecular weight is 449 g/mol. The summed E-state index contributed by atoms with van der Waals surface area (Å²) in [7, 11) is 0. The zero-order chi connectivity index (χ0) is 22.6. The Morgan fingerprint density at radius 1 is 0.909 bits per heavy atom. The van der Waals surface area contributed by atoms with E-state index >= 15 is 0 Å². The molecule has 1 aromatic carbocycles. The third-order valence-electron chi connectivity index (χ3n) is 8.71. The molecule has 2 aromatic rings. The lowest BCUT2D eigenvalue weighted by atomic mass is 9.49. The van der Waals surface area contributed by atoms with Gasteiger partial charge in [0.05, 0.1) is 22.6 Å². The lowest BCUT2D eigenvalue weighted by Crippen LogP contribution is -2.58. The summed E-state index contributed by atoms with van der Waals surface area (Å²) in [4.78, 5) is 47.3. The highest BCUT2D eigenvalue weighted by molar-refractivity contribution is 5.84. The number of aryl methyl sites for hydroxylation is 1. The third kappa shape index (κ3) is 3.65. The number of nitrogens with zero attached hydrogens (tertiary/aromatic N) is 4. The Labute approximate surface area is 193 Å². The summed E-state index contributed by atoms with van der Waals surface area (Å²) in [5, 5.41) is 0.573. The van der Waals surface area contributed by atoms with E-state index in [-0.39, 0.29) is 23.3 Å². The number of hydrogen-bond acceptors (Lipinski definition) is 4. The molecule has 0 atom stereocenters. The SMILES string of the molecule is O=C(CCn1cnc2ccccc2c1=O)N1CCN(C(=O)C23CC4CC(CC(C4)C2)C3)CC1. The Kier molecular flexibility index (Phi) is 5.03. The van der Waals surface area contributed by atoms with Gasteiger partial charge in [-0.2, -0.15) is 0 Å². The van der Waals surface area contributed by atoms with Gasteiger partial charge in [0.1, 0.15) is 0 Å². The number of piperazine rings is 1. The van der Waals surface area contributed by atoms with Gasteiger partial charge in [-0.05, 0) is 68.4 Å². The Morgan fingerprint density at radius 2 is 1.52 bits per heavy atom. The molecule has 7 nitrogen and oxygen atoms in total. The molecule has 2 heterocycles. The normalized spacial score (nSPS) is 30.7. The van der Waals surface area contributed by atoms with Gasteiger partial charge in [-0.1, -0.05) is 12.1 Å². The second kappa shape index (κ2) is 7.96. The number of amides is 2. The van der Waals surface area contributed by atoms with Gasteiger partial charge in [-0.25, -0.2) is 4.98 Å². The van der Waals surface area contributed by atoms with Crippen LogP contribution in [0.5, 0.6) is 0 Å². The van der Waals surface area contributed by atoms with Crippen LogP contribution in [0.1, 0.15) is 44.9 Å². The molecule has 4 saturated carbocycles. The molecule has 0 spiro atoms. The minimum absolute atomic E-state index is 0.0389. The van der Waals surface area contributed by atoms with Crippen LogP contribution in [0.25, 0.3) is 10.9 Å². The average Bonchev–Trinajstić information content (AvgIpc) is 2.82. The number of fused-ring (bicyclic) bond motifs is 1. The van der Waals surface area contributed by atoms with Crippen molar-refractivity contribution in [3.63, 3.8) is 0 Å².